The van der Waals surface area contributed by atoms with Gasteiger partial charge in [0.15, 0.2) is 0 Å². The van der Waals surface area contributed by atoms with Crippen LogP contribution in [0.15, 0.2) is 42.6 Å². The summed E-state index contributed by atoms with van der Waals surface area (Å²) in [4.78, 5) is 9.31. The van der Waals surface area contributed by atoms with Crippen molar-refractivity contribution in [1.29, 1.82) is 0 Å². The van der Waals surface area contributed by atoms with Gasteiger partial charge in [-0.2, -0.15) is 0 Å². The zero-order valence-electron chi connectivity index (χ0n) is 13.9. The average molecular weight is 290 g/mol. The fourth-order valence-electron chi connectivity index (χ4n) is 2.75. The quantitative estimate of drug-likeness (QED) is 0.614. The second-order valence-corrected chi connectivity index (χ2v) is 7.02. The molecule has 112 valence electrons. The Hall–Kier alpha value is -2.22. The van der Waals surface area contributed by atoms with Crippen molar-refractivity contribution in [2.45, 2.75) is 40.0 Å². The Labute approximate surface area is 132 Å². The molecule has 0 aliphatic heterocycles. The van der Waals surface area contributed by atoms with E-state index in [-0.39, 0.29) is 5.41 Å². The van der Waals surface area contributed by atoms with Crippen molar-refractivity contribution in [3.63, 3.8) is 0 Å². The number of benzene rings is 1. The fourth-order valence-corrected chi connectivity index (χ4v) is 2.75. The van der Waals surface area contributed by atoms with Gasteiger partial charge in [-0.05, 0) is 60.7 Å². The van der Waals surface area contributed by atoms with Gasteiger partial charge in [0, 0.05) is 22.8 Å². The standard InChI is InChI=1S/C20H22N2/c1-13-8-9-21-18(10-13)16-11-15-7-6-14(2)22-19(15)17(12-16)20(3,4)5/h6-12H,1-5H3. The number of fused-ring (bicyclic) bond motifs is 1. The molecule has 1 aromatic carbocycles. The molecule has 3 aromatic rings. The number of hydrogen-bond acceptors (Lipinski definition) is 2. The van der Waals surface area contributed by atoms with E-state index in [0.29, 0.717) is 0 Å². The molecule has 0 spiro atoms. The number of nitrogens with zero attached hydrogens (tertiary/aromatic N) is 2. The Morgan fingerprint density at radius 3 is 2.36 bits per heavy atom. The maximum Gasteiger partial charge on any atom is 0.0742 e. The molecule has 0 fully saturated rings. The van der Waals surface area contributed by atoms with Crippen molar-refractivity contribution in [2.75, 3.05) is 0 Å². The first-order valence-corrected chi connectivity index (χ1v) is 7.69. The van der Waals surface area contributed by atoms with Crippen LogP contribution in [0.2, 0.25) is 0 Å². The molecule has 2 aromatic heterocycles. The fraction of sp³-hybridized carbons (Fsp3) is 0.300. The van der Waals surface area contributed by atoms with Crippen LogP contribution in [-0.4, -0.2) is 9.97 Å². The number of rotatable bonds is 1. The summed E-state index contributed by atoms with van der Waals surface area (Å²) in [6.45, 7) is 10.8. The molecule has 3 rings (SSSR count). The van der Waals surface area contributed by atoms with Gasteiger partial charge < -0.3 is 0 Å². The minimum Gasteiger partial charge on any atom is -0.256 e. The van der Waals surface area contributed by atoms with E-state index in [0.717, 1.165) is 22.5 Å². The molecule has 22 heavy (non-hydrogen) atoms. The lowest BCUT2D eigenvalue weighted by Crippen LogP contribution is -2.13. The monoisotopic (exact) mass is 290 g/mol. The molecule has 2 heterocycles. The first kappa shape index (κ1) is 14.7. The Bertz CT molecular complexity index is 842. The minimum absolute atomic E-state index is 0.0406. The molecule has 0 amide bonds. The molecule has 0 atom stereocenters. The van der Waals surface area contributed by atoms with Gasteiger partial charge in [-0.1, -0.05) is 26.8 Å². The van der Waals surface area contributed by atoms with Crippen LogP contribution in [0.5, 0.6) is 0 Å². The van der Waals surface area contributed by atoms with Crippen LogP contribution in [0.25, 0.3) is 22.2 Å². The third-order valence-corrected chi connectivity index (χ3v) is 3.95. The van der Waals surface area contributed by atoms with E-state index in [4.69, 9.17) is 4.98 Å². The van der Waals surface area contributed by atoms with Crippen LogP contribution >= 0.6 is 0 Å². The van der Waals surface area contributed by atoms with Crippen LogP contribution in [0, 0.1) is 13.8 Å². The highest BCUT2D eigenvalue weighted by Gasteiger charge is 2.19. The van der Waals surface area contributed by atoms with Crippen molar-refractivity contribution in [1.82, 2.24) is 9.97 Å². The van der Waals surface area contributed by atoms with Crippen molar-refractivity contribution in [3.05, 3.63) is 59.4 Å². The van der Waals surface area contributed by atoms with Crippen molar-refractivity contribution < 1.29 is 0 Å². The van der Waals surface area contributed by atoms with E-state index in [1.165, 1.54) is 16.5 Å². The molecular formula is C20H22N2. The van der Waals surface area contributed by atoms with Crippen LogP contribution < -0.4 is 0 Å². The minimum atomic E-state index is 0.0406. The summed E-state index contributed by atoms with van der Waals surface area (Å²) in [6.07, 6.45) is 1.87. The van der Waals surface area contributed by atoms with Gasteiger partial charge in [0.05, 0.1) is 11.2 Å². The maximum absolute atomic E-state index is 4.77. The van der Waals surface area contributed by atoms with E-state index < -0.39 is 0 Å². The Kier molecular flexibility index (Phi) is 3.48. The van der Waals surface area contributed by atoms with E-state index >= 15 is 0 Å². The zero-order valence-corrected chi connectivity index (χ0v) is 13.9. The smallest absolute Gasteiger partial charge is 0.0742 e. The summed E-state index contributed by atoms with van der Waals surface area (Å²) in [5.74, 6) is 0. The number of hydrogen-bond donors (Lipinski definition) is 0. The van der Waals surface area contributed by atoms with Gasteiger partial charge in [0.1, 0.15) is 0 Å². The maximum atomic E-state index is 4.77. The predicted molar refractivity (Wildman–Crippen MR) is 93.1 cm³/mol. The summed E-state index contributed by atoms with van der Waals surface area (Å²) in [5, 5.41) is 1.18. The lowest BCUT2D eigenvalue weighted by atomic mass is 9.84. The van der Waals surface area contributed by atoms with Crippen LogP contribution in [0.4, 0.5) is 0 Å². The summed E-state index contributed by atoms with van der Waals surface area (Å²) in [6, 6.07) is 12.8. The van der Waals surface area contributed by atoms with Crippen molar-refractivity contribution in [2.24, 2.45) is 0 Å². The lowest BCUT2D eigenvalue weighted by molar-refractivity contribution is 0.594. The Morgan fingerprint density at radius 1 is 0.909 bits per heavy atom. The van der Waals surface area contributed by atoms with Crippen LogP contribution in [0.1, 0.15) is 37.6 Å². The molecule has 0 aliphatic carbocycles. The van der Waals surface area contributed by atoms with E-state index in [9.17, 15) is 0 Å². The van der Waals surface area contributed by atoms with Crippen molar-refractivity contribution in [3.8, 4) is 11.3 Å². The topological polar surface area (TPSA) is 25.8 Å². The SMILES string of the molecule is Cc1ccnc(-c2cc(C(C)(C)C)c3nc(C)ccc3c2)c1. The molecule has 0 saturated heterocycles. The van der Waals surface area contributed by atoms with Gasteiger partial charge in [0.2, 0.25) is 0 Å². The first-order valence-electron chi connectivity index (χ1n) is 7.69. The molecule has 2 nitrogen and oxygen atoms in total. The largest absolute Gasteiger partial charge is 0.256 e. The highest BCUT2D eigenvalue weighted by atomic mass is 14.7. The van der Waals surface area contributed by atoms with Crippen LogP contribution in [-0.2, 0) is 5.41 Å². The first-order chi connectivity index (χ1) is 10.3. The summed E-state index contributed by atoms with van der Waals surface area (Å²) in [7, 11) is 0. The molecular weight excluding hydrogens is 268 g/mol. The molecule has 2 heteroatoms. The summed E-state index contributed by atoms with van der Waals surface area (Å²) >= 11 is 0. The molecule has 0 aliphatic rings. The third kappa shape index (κ3) is 2.74. The second-order valence-electron chi connectivity index (χ2n) is 7.02. The molecule has 0 N–H and O–H groups in total. The third-order valence-electron chi connectivity index (χ3n) is 3.95. The van der Waals surface area contributed by atoms with Gasteiger partial charge in [-0.25, -0.2) is 0 Å². The number of aryl methyl sites for hydroxylation is 2. The summed E-state index contributed by atoms with van der Waals surface area (Å²) in [5.41, 5.74) is 6.87. The number of pyridine rings is 2. The molecule has 0 radical (unpaired) electrons. The highest BCUT2D eigenvalue weighted by molar-refractivity contribution is 5.88. The van der Waals surface area contributed by atoms with Gasteiger partial charge in [-0.15, -0.1) is 0 Å². The number of aromatic nitrogens is 2. The normalized spacial score (nSPS) is 11.9. The Morgan fingerprint density at radius 2 is 1.68 bits per heavy atom. The van der Waals surface area contributed by atoms with Gasteiger partial charge in [-0.3, -0.25) is 9.97 Å². The van der Waals surface area contributed by atoms with E-state index in [2.05, 4.69) is 63.0 Å². The van der Waals surface area contributed by atoms with E-state index in [1.54, 1.807) is 0 Å². The molecule has 0 saturated carbocycles. The second kappa shape index (κ2) is 5.20. The van der Waals surface area contributed by atoms with E-state index in [1.807, 2.05) is 19.2 Å². The highest BCUT2D eigenvalue weighted by Crippen LogP contribution is 2.33. The van der Waals surface area contributed by atoms with Gasteiger partial charge >= 0.3 is 0 Å². The van der Waals surface area contributed by atoms with Crippen molar-refractivity contribution >= 4 is 10.9 Å². The summed E-state index contributed by atoms with van der Waals surface area (Å²) < 4.78 is 0. The molecule has 0 unspecified atom stereocenters. The lowest BCUT2D eigenvalue weighted by Gasteiger charge is -2.22. The van der Waals surface area contributed by atoms with Crippen LogP contribution in [0.3, 0.4) is 0 Å². The molecule has 0 bridgehead atoms. The zero-order chi connectivity index (χ0) is 15.9. The Balaban J connectivity index is 2.32. The average Bonchev–Trinajstić information content (AvgIpc) is 2.45. The van der Waals surface area contributed by atoms with Gasteiger partial charge in [0.25, 0.3) is 0 Å². The predicted octanol–water partition coefficient (Wildman–Crippen LogP) is 5.21.